The number of carbonyl (C=O) groups is 1. The van der Waals surface area contributed by atoms with Crippen LogP contribution in [-0.2, 0) is 14.8 Å². The topological polar surface area (TPSA) is 101 Å². The van der Waals surface area contributed by atoms with Crippen LogP contribution in [-0.4, -0.2) is 36.4 Å². The third-order valence-electron chi connectivity index (χ3n) is 4.19. The van der Waals surface area contributed by atoms with Crippen molar-refractivity contribution in [1.29, 1.82) is 0 Å². The summed E-state index contributed by atoms with van der Waals surface area (Å²) >= 11 is 0. The molecule has 0 amide bonds. The van der Waals surface area contributed by atoms with Gasteiger partial charge in [-0.25, -0.2) is 8.42 Å². The van der Waals surface area contributed by atoms with Crippen LogP contribution in [0.15, 0.2) is 53.4 Å². The van der Waals surface area contributed by atoms with Crippen LogP contribution in [0.3, 0.4) is 0 Å². The van der Waals surface area contributed by atoms with Gasteiger partial charge in [-0.3, -0.25) is 4.79 Å². The van der Waals surface area contributed by atoms with Crippen LogP contribution in [0.5, 0.6) is 0 Å². The van der Waals surface area contributed by atoms with E-state index in [0.717, 1.165) is 15.4 Å². The lowest BCUT2D eigenvalue weighted by Crippen LogP contribution is -2.40. The van der Waals surface area contributed by atoms with Crippen molar-refractivity contribution >= 4 is 21.7 Å². The lowest BCUT2D eigenvalue weighted by atomic mass is 10.1. The van der Waals surface area contributed by atoms with Gasteiger partial charge in [0.05, 0.1) is 4.90 Å². The quantitative estimate of drug-likeness (QED) is 0.826. The fourth-order valence-electron chi connectivity index (χ4n) is 2.90. The number of benzene rings is 2. The zero-order valence-electron chi connectivity index (χ0n) is 12.9. The fraction of sp³-hybridized carbons (Fsp3) is 0.235. The van der Waals surface area contributed by atoms with Crippen LogP contribution in [0.2, 0.25) is 0 Å². The summed E-state index contributed by atoms with van der Waals surface area (Å²) in [5, 5.41) is 9.19. The minimum atomic E-state index is -3.81. The van der Waals surface area contributed by atoms with Crippen molar-refractivity contribution in [3.05, 3.63) is 48.5 Å². The largest absolute Gasteiger partial charge is 0.480 e. The molecule has 2 aromatic rings. The molecule has 0 aromatic heterocycles. The Balaban J connectivity index is 1.89. The molecule has 0 bridgehead atoms. The second kappa shape index (κ2) is 6.26. The number of aliphatic carboxylic acids is 1. The van der Waals surface area contributed by atoms with Gasteiger partial charge in [0.2, 0.25) is 10.0 Å². The Kier molecular flexibility index (Phi) is 4.29. The molecule has 2 aromatic carbocycles. The van der Waals surface area contributed by atoms with Gasteiger partial charge in [-0.05, 0) is 48.2 Å². The number of carboxylic acid groups (broad SMARTS) is 1. The molecule has 1 heterocycles. The Morgan fingerprint density at radius 1 is 1.04 bits per heavy atom. The van der Waals surface area contributed by atoms with Crippen molar-refractivity contribution in [2.24, 2.45) is 0 Å². The number of rotatable bonds is 4. The highest BCUT2D eigenvalue weighted by Gasteiger charge is 2.39. The maximum Gasteiger partial charge on any atom is 0.322 e. The molecule has 0 spiro atoms. The minimum Gasteiger partial charge on any atom is -0.480 e. The SMILES string of the molecule is Nc1ccc(-c2ccc(S(=O)(=O)N3CCC[C@H]3C(=O)O)cc2)cc1. The predicted molar refractivity (Wildman–Crippen MR) is 90.8 cm³/mol. The molecule has 24 heavy (non-hydrogen) atoms. The molecule has 1 atom stereocenters. The second-order valence-corrected chi connectivity index (χ2v) is 7.65. The molecule has 126 valence electrons. The van der Waals surface area contributed by atoms with Crippen molar-refractivity contribution in [2.75, 3.05) is 12.3 Å². The van der Waals surface area contributed by atoms with E-state index in [2.05, 4.69) is 0 Å². The summed E-state index contributed by atoms with van der Waals surface area (Å²) in [5.41, 5.74) is 8.11. The Morgan fingerprint density at radius 2 is 1.58 bits per heavy atom. The standard InChI is InChI=1S/C17H18N2O4S/c18-14-7-3-12(4-8-14)13-5-9-15(10-6-13)24(22,23)19-11-1-2-16(19)17(20)21/h3-10,16H,1-2,11,18H2,(H,20,21)/t16-/m0/s1. The van der Waals surface area contributed by atoms with E-state index in [9.17, 15) is 18.3 Å². The first kappa shape index (κ1) is 16.5. The molecule has 0 saturated carbocycles. The highest BCUT2D eigenvalue weighted by atomic mass is 32.2. The normalized spacial score (nSPS) is 18.6. The van der Waals surface area contributed by atoms with E-state index < -0.39 is 22.0 Å². The highest BCUT2D eigenvalue weighted by molar-refractivity contribution is 7.89. The first-order valence-corrected chi connectivity index (χ1v) is 9.04. The van der Waals surface area contributed by atoms with E-state index >= 15 is 0 Å². The highest BCUT2D eigenvalue weighted by Crippen LogP contribution is 2.28. The van der Waals surface area contributed by atoms with Crippen molar-refractivity contribution in [3.8, 4) is 11.1 Å². The molecule has 1 saturated heterocycles. The summed E-state index contributed by atoms with van der Waals surface area (Å²) in [6, 6.07) is 12.8. The Labute approximate surface area is 140 Å². The third kappa shape index (κ3) is 3.00. The zero-order valence-corrected chi connectivity index (χ0v) is 13.7. The van der Waals surface area contributed by atoms with Crippen LogP contribution in [0, 0.1) is 0 Å². The van der Waals surface area contributed by atoms with Crippen LogP contribution in [0.1, 0.15) is 12.8 Å². The van der Waals surface area contributed by atoms with E-state index in [4.69, 9.17) is 5.73 Å². The smallest absolute Gasteiger partial charge is 0.322 e. The van der Waals surface area contributed by atoms with Crippen molar-refractivity contribution in [3.63, 3.8) is 0 Å². The molecule has 6 nitrogen and oxygen atoms in total. The van der Waals surface area contributed by atoms with Crippen molar-refractivity contribution in [2.45, 2.75) is 23.8 Å². The molecule has 1 fully saturated rings. The van der Waals surface area contributed by atoms with Gasteiger partial charge in [0, 0.05) is 12.2 Å². The van der Waals surface area contributed by atoms with Gasteiger partial charge in [-0.15, -0.1) is 0 Å². The number of nitrogen functional groups attached to an aromatic ring is 1. The molecule has 1 aliphatic rings. The number of carboxylic acids is 1. The van der Waals surface area contributed by atoms with E-state index in [0.29, 0.717) is 18.5 Å². The van der Waals surface area contributed by atoms with Gasteiger partial charge in [-0.2, -0.15) is 4.31 Å². The summed E-state index contributed by atoms with van der Waals surface area (Å²) in [6.45, 7) is 0.235. The Morgan fingerprint density at radius 3 is 2.12 bits per heavy atom. The van der Waals surface area contributed by atoms with Crippen LogP contribution in [0.25, 0.3) is 11.1 Å². The summed E-state index contributed by atoms with van der Waals surface area (Å²) in [4.78, 5) is 11.3. The first-order chi connectivity index (χ1) is 11.4. The molecular formula is C17H18N2O4S. The van der Waals surface area contributed by atoms with Crippen LogP contribution in [0.4, 0.5) is 5.69 Å². The Bertz CT molecular complexity index is 845. The number of anilines is 1. The van der Waals surface area contributed by atoms with Gasteiger partial charge in [0.1, 0.15) is 6.04 Å². The molecule has 0 radical (unpaired) electrons. The molecule has 0 aliphatic carbocycles. The summed E-state index contributed by atoms with van der Waals surface area (Å²) in [5.74, 6) is -1.10. The number of hydrogen-bond acceptors (Lipinski definition) is 4. The number of nitrogens with zero attached hydrogens (tertiary/aromatic N) is 1. The van der Waals surface area contributed by atoms with E-state index in [-0.39, 0.29) is 11.4 Å². The minimum absolute atomic E-state index is 0.106. The first-order valence-electron chi connectivity index (χ1n) is 7.60. The monoisotopic (exact) mass is 346 g/mol. The van der Waals surface area contributed by atoms with Crippen molar-refractivity contribution < 1.29 is 18.3 Å². The summed E-state index contributed by atoms with van der Waals surface area (Å²) in [7, 11) is -3.81. The van der Waals surface area contributed by atoms with Crippen LogP contribution < -0.4 is 5.73 Å². The maximum atomic E-state index is 12.7. The third-order valence-corrected chi connectivity index (χ3v) is 6.12. The van der Waals surface area contributed by atoms with E-state index in [1.165, 1.54) is 12.1 Å². The molecule has 0 unspecified atom stereocenters. The summed E-state index contributed by atoms with van der Waals surface area (Å²) < 4.78 is 26.5. The van der Waals surface area contributed by atoms with Gasteiger partial charge in [0.25, 0.3) is 0 Å². The predicted octanol–water partition coefficient (Wildman–Crippen LogP) is 2.17. The van der Waals surface area contributed by atoms with E-state index in [1.54, 1.807) is 24.3 Å². The van der Waals surface area contributed by atoms with Gasteiger partial charge in [-0.1, -0.05) is 24.3 Å². The van der Waals surface area contributed by atoms with Gasteiger partial charge < -0.3 is 10.8 Å². The number of nitrogens with two attached hydrogens (primary N) is 1. The van der Waals surface area contributed by atoms with Crippen molar-refractivity contribution in [1.82, 2.24) is 4.31 Å². The molecule has 3 rings (SSSR count). The second-order valence-electron chi connectivity index (χ2n) is 5.76. The van der Waals surface area contributed by atoms with E-state index in [1.807, 2.05) is 12.1 Å². The van der Waals surface area contributed by atoms with Gasteiger partial charge in [0.15, 0.2) is 0 Å². The lowest BCUT2D eigenvalue weighted by molar-refractivity contribution is -0.140. The van der Waals surface area contributed by atoms with Crippen LogP contribution >= 0.6 is 0 Å². The fourth-order valence-corrected chi connectivity index (χ4v) is 4.56. The average Bonchev–Trinajstić information content (AvgIpc) is 3.06. The lowest BCUT2D eigenvalue weighted by Gasteiger charge is -2.21. The average molecular weight is 346 g/mol. The zero-order chi connectivity index (χ0) is 17.3. The number of sulfonamides is 1. The van der Waals surface area contributed by atoms with Gasteiger partial charge >= 0.3 is 5.97 Å². The molecule has 7 heteroatoms. The number of hydrogen-bond donors (Lipinski definition) is 2. The molecular weight excluding hydrogens is 328 g/mol. The molecule has 1 aliphatic heterocycles. The Hall–Kier alpha value is -2.38. The maximum absolute atomic E-state index is 12.7. The summed E-state index contributed by atoms with van der Waals surface area (Å²) in [6.07, 6.45) is 0.901. The molecule has 3 N–H and O–H groups in total.